The van der Waals surface area contributed by atoms with Crippen LogP contribution in [-0.4, -0.2) is 22.4 Å². The molecule has 0 atom stereocenters. The third-order valence-electron chi connectivity index (χ3n) is 5.27. The van der Waals surface area contributed by atoms with Crippen LogP contribution < -0.4 is 10.9 Å². The van der Waals surface area contributed by atoms with Gasteiger partial charge in [0, 0.05) is 11.5 Å². The van der Waals surface area contributed by atoms with Crippen LogP contribution in [0, 0.1) is 6.92 Å². The Hall–Kier alpha value is -2.63. The molecule has 0 radical (unpaired) electrons. The van der Waals surface area contributed by atoms with Crippen LogP contribution in [0.25, 0.3) is 11.0 Å². The van der Waals surface area contributed by atoms with Crippen LogP contribution >= 0.6 is 0 Å². The molecule has 1 spiro atoms. The number of benzene rings is 1. The van der Waals surface area contributed by atoms with Crippen molar-refractivity contribution in [2.45, 2.75) is 51.1 Å². The van der Waals surface area contributed by atoms with E-state index in [4.69, 9.17) is 4.42 Å². The number of hydrogen-bond acceptors (Lipinski definition) is 4. The number of hydrogen-bond donors (Lipinski definition) is 1. The van der Waals surface area contributed by atoms with Crippen molar-refractivity contribution in [1.82, 2.24) is 10.2 Å². The molecule has 1 saturated carbocycles. The van der Waals surface area contributed by atoms with Crippen LogP contribution in [0.4, 0.5) is 4.79 Å². The van der Waals surface area contributed by atoms with Gasteiger partial charge in [-0.2, -0.15) is 0 Å². The second-order valence-electron chi connectivity index (χ2n) is 7.05. The van der Waals surface area contributed by atoms with Gasteiger partial charge >= 0.3 is 11.7 Å². The largest absolute Gasteiger partial charge is 0.423 e. The number of urea groups is 1. The predicted molar refractivity (Wildman–Crippen MR) is 92.1 cm³/mol. The molecule has 1 aromatic heterocycles. The highest BCUT2D eigenvalue weighted by Crippen LogP contribution is 2.34. The van der Waals surface area contributed by atoms with E-state index < -0.39 is 11.2 Å². The van der Waals surface area contributed by atoms with Crippen LogP contribution in [0.15, 0.2) is 33.5 Å². The van der Waals surface area contributed by atoms with E-state index in [0.717, 1.165) is 30.2 Å². The van der Waals surface area contributed by atoms with Crippen molar-refractivity contribution in [3.8, 4) is 0 Å². The van der Waals surface area contributed by atoms with Gasteiger partial charge in [0.05, 0.1) is 6.54 Å². The first kappa shape index (κ1) is 15.9. The quantitative estimate of drug-likeness (QED) is 0.673. The monoisotopic (exact) mass is 340 g/mol. The number of fused-ring (bicyclic) bond motifs is 1. The number of imide groups is 1. The van der Waals surface area contributed by atoms with E-state index in [1.165, 1.54) is 11.0 Å². The summed E-state index contributed by atoms with van der Waals surface area (Å²) >= 11 is 0. The summed E-state index contributed by atoms with van der Waals surface area (Å²) in [6.45, 7) is 1.99. The van der Waals surface area contributed by atoms with Gasteiger partial charge in [-0.25, -0.2) is 9.59 Å². The van der Waals surface area contributed by atoms with E-state index >= 15 is 0 Å². The zero-order chi connectivity index (χ0) is 17.6. The first-order chi connectivity index (χ1) is 12.0. The number of amides is 3. The molecule has 1 saturated heterocycles. The van der Waals surface area contributed by atoms with Gasteiger partial charge in [-0.15, -0.1) is 0 Å². The molecule has 6 heteroatoms. The summed E-state index contributed by atoms with van der Waals surface area (Å²) in [4.78, 5) is 38.5. The molecule has 1 aliphatic carbocycles. The molecule has 2 heterocycles. The molecule has 3 amide bonds. The van der Waals surface area contributed by atoms with Crippen LogP contribution in [0.1, 0.15) is 43.2 Å². The fourth-order valence-electron chi connectivity index (χ4n) is 3.95. The average Bonchev–Trinajstić information content (AvgIpc) is 2.79. The molecule has 1 aliphatic heterocycles. The standard InChI is InChI=1S/C19H20N2O4/c1-12-5-6-14-13(10-16(22)25-15(14)9-12)11-21-17(23)19(20-18(21)24)7-3-2-4-8-19/h5-6,9-10H,2-4,7-8,11H2,1H3,(H,20,24). The summed E-state index contributed by atoms with van der Waals surface area (Å²) in [5.41, 5.74) is 0.849. The van der Waals surface area contributed by atoms with E-state index in [2.05, 4.69) is 5.32 Å². The fraction of sp³-hybridized carbons (Fsp3) is 0.421. The molecular formula is C19H20N2O4. The van der Waals surface area contributed by atoms with Gasteiger partial charge in [0.25, 0.3) is 5.91 Å². The highest BCUT2D eigenvalue weighted by atomic mass is 16.4. The number of carbonyl (C=O) groups excluding carboxylic acids is 2. The Balaban J connectivity index is 1.71. The number of aryl methyl sites for hydroxylation is 1. The Morgan fingerprint density at radius 1 is 1.12 bits per heavy atom. The van der Waals surface area contributed by atoms with Crippen molar-refractivity contribution >= 4 is 22.9 Å². The van der Waals surface area contributed by atoms with Crippen molar-refractivity contribution in [3.63, 3.8) is 0 Å². The third kappa shape index (κ3) is 2.62. The zero-order valence-corrected chi connectivity index (χ0v) is 14.1. The molecular weight excluding hydrogens is 320 g/mol. The summed E-state index contributed by atoms with van der Waals surface area (Å²) in [5, 5.41) is 3.64. The molecule has 25 heavy (non-hydrogen) atoms. The molecule has 2 aliphatic rings. The predicted octanol–water partition coefficient (Wildman–Crippen LogP) is 2.86. The normalized spacial score (nSPS) is 19.6. The summed E-state index contributed by atoms with van der Waals surface area (Å²) in [6, 6.07) is 6.55. The lowest BCUT2D eigenvalue weighted by molar-refractivity contribution is -0.132. The Bertz CT molecular complexity index is 925. The van der Waals surface area contributed by atoms with E-state index in [0.29, 0.717) is 24.0 Å². The molecule has 2 aromatic rings. The fourth-order valence-corrected chi connectivity index (χ4v) is 3.95. The molecule has 2 fully saturated rings. The number of nitrogens with zero attached hydrogens (tertiary/aromatic N) is 1. The average molecular weight is 340 g/mol. The van der Waals surface area contributed by atoms with Crippen molar-refractivity contribution in [2.24, 2.45) is 0 Å². The Morgan fingerprint density at radius 3 is 2.64 bits per heavy atom. The lowest BCUT2D eigenvalue weighted by Gasteiger charge is -2.30. The van der Waals surface area contributed by atoms with Crippen molar-refractivity contribution in [1.29, 1.82) is 0 Å². The third-order valence-corrected chi connectivity index (χ3v) is 5.27. The van der Waals surface area contributed by atoms with Crippen LogP contribution in [-0.2, 0) is 11.3 Å². The Kier molecular flexibility index (Phi) is 3.63. The summed E-state index contributed by atoms with van der Waals surface area (Å²) in [6.07, 6.45) is 4.35. The minimum atomic E-state index is -0.749. The van der Waals surface area contributed by atoms with Crippen LogP contribution in [0.5, 0.6) is 0 Å². The smallest absolute Gasteiger partial charge is 0.336 e. The van der Waals surface area contributed by atoms with Crippen LogP contribution in [0.2, 0.25) is 0 Å². The van der Waals surface area contributed by atoms with E-state index in [-0.39, 0.29) is 18.5 Å². The van der Waals surface area contributed by atoms with Gasteiger partial charge in [-0.1, -0.05) is 31.4 Å². The zero-order valence-electron chi connectivity index (χ0n) is 14.1. The van der Waals surface area contributed by atoms with Gasteiger partial charge in [0.1, 0.15) is 11.1 Å². The molecule has 1 N–H and O–H groups in total. The second-order valence-corrected chi connectivity index (χ2v) is 7.05. The van der Waals surface area contributed by atoms with Crippen LogP contribution in [0.3, 0.4) is 0 Å². The molecule has 0 bridgehead atoms. The van der Waals surface area contributed by atoms with Crippen molar-refractivity contribution in [2.75, 3.05) is 0 Å². The lowest BCUT2D eigenvalue weighted by Crippen LogP contribution is -2.48. The Morgan fingerprint density at radius 2 is 1.88 bits per heavy atom. The molecule has 0 unspecified atom stereocenters. The first-order valence-corrected chi connectivity index (χ1v) is 8.66. The summed E-state index contributed by atoms with van der Waals surface area (Å²) in [7, 11) is 0. The van der Waals surface area contributed by atoms with E-state index in [1.54, 1.807) is 6.07 Å². The maximum Gasteiger partial charge on any atom is 0.336 e. The van der Waals surface area contributed by atoms with Gasteiger partial charge in [0.2, 0.25) is 0 Å². The van der Waals surface area contributed by atoms with E-state index in [9.17, 15) is 14.4 Å². The highest BCUT2D eigenvalue weighted by molar-refractivity contribution is 6.07. The molecule has 130 valence electrons. The number of rotatable bonds is 2. The second kappa shape index (κ2) is 5.72. The Labute approximate surface area is 144 Å². The first-order valence-electron chi connectivity index (χ1n) is 8.66. The molecule has 6 nitrogen and oxygen atoms in total. The van der Waals surface area contributed by atoms with Gasteiger partial charge in [0.15, 0.2) is 0 Å². The lowest BCUT2D eigenvalue weighted by atomic mass is 9.82. The topological polar surface area (TPSA) is 79.6 Å². The molecule has 1 aromatic carbocycles. The van der Waals surface area contributed by atoms with E-state index in [1.807, 2.05) is 19.1 Å². The molecule has 4 rings (SSSR count). The SMILES string of the molecule is Cc1ccc2c(CN3C(=O)NC4(CCCCC4)C3=O)cc(=O)oc2c1. The summed E-state index contributed by atoms with van der Waals surface area (Å²) < 4.78 is 5.25. The van der Waals surface area contributed by atoms with Crippen molar-refractivity contribution in [3.05, 3.63) is 45.8 Å². The minimum absolute atomic E-state index is 0.0809. The minimum Gasteiger partial charge on any atom is -0.423 e. The number of carbonyl (C=O) groups is 2. The maximum atomic E-state index is 12.9. The highest BCUT2D eigenvalue weighted by Gasteiger charge is 2.51. The summed E-state index contributed by atoms with van der Waals surface area (Å²) in [5.74, 6) is -0.175. The van der Waals surface area contributed by atoms with Gasteiger partial charge in [-0.05, 0) is 37.0 Å². The van der Waals surface area contributed by atoms with Crippen molar-refractivity contribution < 1.29 is 14.0 Å². The van der Waals surface area contributed by atoms with Gasteiger partial charge < -0.3 is 9.73 Å². The maximum absolute atomic E-state index is 12.9. The van der Waals surface area contributed by atoms with Gasteiger partial charge in [-0.3, -0.25) is 9.69 Å². The number of nitrogens with one attached hydrogen (secondary N) is 1.